The number of hydrogen-bond acceptors (Lipinski definition) is 7. The Hall–Kier alpha value is -3.27. The highest BCUT2D eigenvalue weighted by Gasteiger charge is 2.22. The molecule has 10 heteroatoms. The first-order chi connectivity index (χ1) is 15.2. The normalized spacial score (nSPS) is 10.9. The van der Waals surface area contributed by atoms with Gasteiger partial charge in [-0.05, 0) is 42.8 Å². The first-order valence-electron chi connectivity index (χ1n) is 9.96. The number of hydrogen-bond donors (Lipinski definition) is 1. The van der Waals surface area contributed by atoms with E-state index in [1.165, 1.54) is 38.5 Å². The molecule has 0 aliphatic heterocycles. The average Bonchev–Trinajstić information content (AvgIpc) is 2.76. The third-order valence-electron chi connectivity index (χ3n) is 4.48. The Morgan fingerprint density at radius 2 is 1.66 bits per heavy atom. The van der Waals surface area contributed by atoms with Gasteiger partial charge in [-0.3, -0.25) is 9.10 Å². The molecule has 0 spiro atoms. The summed E-state index contributed by atoms with van der Waals surface area (Å²) in [7, 11) is -0.863. The lowest BCUT2D eigenvalue weighted by Gasteiger charge is -2.23. The molecular weight excluding hydrogens is 436 g/mol. The van der Waals surface area contributed by atoms with Gasteiger partial charge in [-0.15, -0.1) is 0 Å². The SMILES string of the molecule is CCCCOC(=O)c1ccc(NC(=O)CN(c2ccc(OC)c(OC)c2)S(C)(=O)=O)cc1. The maximum atomic E-state index is 12.5. The Bertz CT molecular complexity index is 1040. The van der Waals surface area contributed by atoms with E-state index >= 15 is 0 Å². The molecule has 0 saturated heterocycles. The number of amides is 1. The molecule has 0 unspecified atom stereocenters. The number of benzene rings is 2. The largest absolute Gasteiger partial charge is 0.493 e. The van der Waals surface area contributed by atoms with Crippen molar-refractivity contribution >= 4 is 33.3 Å². The number of methoxy groups -OCH3 is 2. The minimum atomic E-state index is -3.76. The molecule has 1 N–H and O–H groups in total. The van der Waals surface area contributed by atoms with Crippen LogP contribution < -0.4 is 19.1 Å². The van der Waals surface area contributed by atoms with E-state index in [0.29, 0.717) is 29.4 Å². The van der Waals surface area contributed by atoms with E-state index in [2.05, 4.69) is 5.32 Å². The molecule has 2 aromatic carbocycles. The molecule has 0 fully saturated rings. The molecule has 0 aliphatic rings. The summed E-state index contributed by atoms with van der Waals surface area (Å²) >= 11 is 0. The Balaban J connectivity index is 2.11. The van der Waals surface area contributed by atoms with Gasteiger partial charge in [0.25, 0.3) is 0 Å². The summed E-state index contributed by atoms with van der Waals surface area (Å²) < 4.78 is 41.1. The number of unbranched alkanes of at least 4 members (excludes halogenated alkanes) is 1. The van der Waals surface area contributed by atoms with Crippen LogP contribution in [-0.4, -0.2) is 53.9 Å². The van der Waals surface area contributed by atoms with Crippen molar-refractivity contribution in [2.24, 2.45) is 0 Å². The summed E-state index contributed by atoms with van der Waals surface area (Å²) in [5.41, 5.74) is 1.04. The highest BCUT2D eigenvalue weighted by molar-refractivity contribution is 7.92. The smallest absolute Gasteiger partial charge is 0.338 e. The molecule has 0 saturated carbocycles. The van der Waals surface area contributed by atoms with Gasteiger partial charge in [0, 0.05) is 11.8 Å². The van der Waals surface area contributed by atoms with Gasteiger partial charge in [0.2, 0.25) is 15.9 Å². The lowest BCUT2D eigenvalue weighted by molar-refractivity contribution is -0.114. The van der Waals surface area contributed by atoms with Crippen molar-refractivity contribution in [3.8, 4) is 11.5 Å². The minimum Gasteiger partial charge on any atom is -0.493 e. The first kappa shape index (κ1) is 25.0. The predicted molar refractivity (Wildman–Crippen MR) is 122 cm³/mol. The fourth-order valence-corrected chi connectivity index (χ4v) is 3.64. The second-order valence-corrected chi connectivity index (χ2v) is 8.83. The van der Waals surface area contributed by atoms with Crippen molar-refractivity contribution in [2.45, 2.75) is 19.8 Å². The van der Waals surface area contributed by atoms with Crippen molar-refractivity contribution in [1.82, 2.24) is 0 Å². The highest BCUT2D eigenvalue weighted by atomic mass is 32.2. The Labute approximate surface area is 188 Å². The van der Waals surface area contributed by atoms with Gasteiger partial charge in [-0.2, -0.15) is 0 Å². The summed E-state index contributed by atoms with van der Waals surface area (Å²) in [5.74, 6) is -0.223. The molecule has 2 rings (SSSR count). The lowest BCUT2D eigenvalue weighted by Crippen LogP contribution is -2.37. The molecule has 0 radical (unpaired) electrons. The van der Waals surface area contributed by atoms with E-state index < -0.39 is 28.4 Å². The highest BCUT2D eigenvalue weighted by Crippen LogP contribution is 2.32. The van der Waals surface area contributed by atoms with Crippen LogP contribution in [0.25, 0.3) is 0 Å². The maximum Gasteiger partial charge on any atom is 0.338 e. The number of anilines is 2. The zero-order valence-corrected chi connectivity index (χ0v) is 19.4. The zero-order valence-electron chi connectivity index (χ0n) is 18.6. The molecular formula is C22H28N2O7S. The van der Waals surface area contributed by atoms with E-state index in [1.807, 2.05) is 6.92 Å². The van der Waals surface area contributed by atoms with Crippen LogP contribution in [0.1, 0.15) is 30.1 Å². The number of carbonyl (C=O) groups excluding carboxylic acids is 2. The summed E-state index contributed by atoms with van der Waals surface area (Å²) in [5, 5.41) is 2.63. The molecule has 1 amide bonds. The number of nitrogens with one attached hydrogen (secondary N) is 1. The monoisotopic (exact) mass is 464 g/mol. The van der Waals surface area contributed by atoms with Gasteiger partial charge in [-0.1, -0.05) is 13.3 Å². The molecule has 32 heavy (non-hydrogen) atoms. The van der Waals surface area contributed by atoms with Crippen molar-refractivity contribution < 1.29 is 32.2 Å². The Morgan fingerprint density at radius 1 is 1.00 bits per heavy atom. The predicted octanol–water partition coefficient (Wildman–Crippen LogP) is 3.07. The van der Waals surface area contributed by atoms with Crippen LogP contribution in [0.5, 0.6) is 11.5 Å². The van der Waals surface area contributed by atoms with Gasteiger partial charge in [0.15, 0.2) is 11.5 Å². The van der Waals surface area contributed by atoms with Gasteiger partial charge in [0.1, 0.15) is 6.54 Å². The van der Waals surface area contributed by atoms with Gasteiger partial charge < -0.3 is 19.5 Å². The van der Waals surface area contributed by atoms with Crippen LogP contribution in [0.4, 0.5) is 11.4 Å². The van der Waals surface area contributed by atoms with E-state index in [1.54, 1.807) is 18.2 Å². The quantitative estimate of drug-likeness (QED) is 0.402. The van der Waals surface area contributed by atoms with Crippen LogP contribution in [0.3, 0.4) is 0 Å². The summed E-state index contributed by atoms with van der Waals surface area (Å²) in [6, 6.07) is 10.7. The van der Waals surface area contributed by atoms with Crippen molar-refractivity contribution in [3.05, 3.63) is 48.0 Å². The average molecular weight is 465 g/mol. The molecule has 9 nitrogen and oxygen atoms in total. The fourth-order valence-electron chi connectivity index (χ4n) is 2.79. The van der Waals surface area contributed by atoms with Crippen LogP contribution in [0, 0.1) is 0 Å². The molecule has 0 aromatic heterocycles. The molecule has 0 atom stereocenters. The molecule has 174 valence electrons. The van der Waals surface area contributed by atoms with E-state index in [4.69, 9.17) is 14.2 Å². The molecule has 0 aliphatic carbocycles. The number of esters is 1. The number of ether oxygens (including phenoxy) is 3. The maximum absolute atomic E-state index is 12.5. The van der Waals surface area contributed by atoms with E-state index in [9.17, 15) is 18.0 Å². The summed E-state index contributed by atoms with van der Waals surface area (Å²) in [6.45, 7) is 1.90. The molecule has 0 heterocycles. The van der Waals surface area contributed by atoms with Gasteiger partial charge in [0.05, 0.1) is 38.3 Å². The minimum absolute atomic E-state index is 0.255. The summed E-state index contributed by atoms with van der Waals surface area (Å²) in [6.07, 6.45) is 2.72. The first-order valence-corrected chi connectivity index (χ1v) is 11.8. The van der Waals surface area contributed by atoms with Crippen molar-refractivity contribution in [2.75, 3.05) is 43.2 Å². The van der Waals surface area contributed by atoms with Crippen LogP contribution >= 0.6 is 0 Å². The number of sulfonamides is 1. The van der Waals surface area contributed by atoms with Gasteiger partial charge in [-0.25, -0.2) is 13.2 Å². The Morgan fingerprint density at radius 3 is 2.22 bits per heavy atom. The third-order valence-corrected chi connectivity index (χ3v) is 5.62. The van der Waals surface area contributed by atoms with E-state index in [-0.39, 0.29) is 5.69 Å². The van der Waals surface area contributed by atoms with E-state index in [0.717, 1.165) is 23.4 Å². The Kier molecular flexibility index (Phi) is 8.89. The van der Waals surface area contributed by atoms with Crippen LogP contribution in [0.15, 0.2) is 42.5 Å². The van der Waals surface area contributed by atoms with Gasteiger partial charge >= 0.3 is 5.97 Å². The zero-order chi connectivity index (χ0) is 23.7. The summed E-state index contributed by atoms with van der Waals surface area (Å²) in [4.78, 5) is 24.5. The third kappa shape index (κ3) is 6.88. The second kappa shape index (κ2) is 11.4. The fraction of sp³-hybridized carbons (Fsp3) is 0.364. The molecule has 0 bridgehead atoms. The lowest BCUT2D eigenvalue weighted by atomic mass is 10.2. The van der Waals surface area contributed by atoms with Crippen molar-refractivity contribution in [1.29, 1.82) is 0 Å². The van der Waals surface area contributed by atoms with Crippen LogP contribution in [-0.2, 0) is 19.6 Å². The van der Waals surface area contributed by atoms with Crippen molar-refractivity contribution in [3.63, 3.8) is 0 Å². The topological polar surface area (TPSA) is 111 Å². The second-order valence-electron chi connectivity index (χ2n) is 6.92. The van der Waals surface area contributed by atoms with Crippen LogP contribution in [0.2, 0.25) is 0 Å². The number of nitrogens with zero attached hydrogens (tertiary/aromatic N) is 1. The molecule has 2 aromatic rings. The number of carbonyl (C=O) groups is 2. The number of rotatable bonds is 11. The standard InChI is InChI=1S/C22H28N2O7S/c1-5-6-13-31-22(26)16-7-9-17(10-8-16)23-21(25)15-24(32(4,27)28)18-11-12-19(29-2)20(14-18)30-3/h7-12,14H,5-6,13,15H2,1-4H3,(H,23,25).